The first-order valence-corrected chi connectivity index (χ1v) is 7.13. The average Bonchev–Trinajstić information content (AvgIpc) is 3.07. The van der Waals surface area contributed by atoms with Crippen molar-refractivity contribution in [3.05, 3.63) is 18.2 Å². The second-order valence-electron chi connectivity index (χ2n) is 5.64. The van der Waals surface area contributed by atoms with Gasteiger partial charge in [-0.3, -0.25) is 4.90 Å². The summed E-state index contributed by atoms with van der Waals surface area (Å²) in [4.78, 5) is 6.81. The van der Waals surface area contributed by atoms with Crippen molar-refractivity contribution >= 4 is 0 Å². The maximum Gasteiger partial charge on any atom is 0.0949 e. The van der Waals surface area contributed by atoms with Crippen LogP contribution in [0.3, 0.4) is 0 Å². The van der Waals surface area contributed by atoms with Gasteiger partial charge in [-0.25, -0.2) is 4.98 Å². The number of rotatable bonds is 7. The molecule has 1 fully saturated rings. The van der Waals surface area contributed by atoms with E-state index in [2.05, 4.69) is 35.2 Å². The van der Waals surface area contributed by atoms with E-state index in [0.29, 0.717) is 5.92 Å². The summed E-state index contributed by atoms with van der Waals surface area (Å²) in [6.45, 7) is 9.81. The predicted octanol–water partition coefficient (Wildman–Crippen LogP) is 2.02. The molecule has 0 spiro atoms. The van der Waals surface area contributed by atoms with Crippen LogP contribution in [0.2, 0.25) is 0 Å². The van der Waals surface area contributed by atoms with Gasteiger partial charge >= 0.3 is 0 Å². The molecule has 1 aromatic rings. The van der Waals surface area contributed by atoms with E-state index < -0.39 is 0 Å². The highest BCUT2D eigenvalue weighted by Gasteiger charge is 2.27. The normalized spacial score (nSPS) is 17.7. The number of hydrogen-bond acceptors (Lipinski definition) is 3. The zero-order valence-corrected chi connectivity index (χ0v) is 11.8. The molecular weight excluding hydrogens is 224 g/mol. The molecular formula is C14H26N4. The molecule has 0 radical (unpaired) electrons. The Hall–Kier alpha value is -0.870. The Morgan fingerprint density at radius 1 is 1.50 bits per heavy atom. The largest absolute Gasteiger partial charge is 0.332 e. The van der Waals surface area contributed by atoms with Gasteiger partial charge in [-0.1, -0.05) is 20.8 Å². The molecule has 1 unspecified atom stereocenters. The summed E-state index contributed by atoms with van der Waals surface area (Å²) in [5, 5.41) is 0. The Balaban J connectivity index is 1.94. The van der Waals surface area contributed by atoms with Crippen LogP contribution in [0.5, 0.6) is 0 Å². The van der Waals surface area contributed by atoms with Crippen molar-refractivity contribution in [3.63, 3.8) is 0 Å². The molecule has 2 N–H and O–H groups in total. The SMILES string of the molecule is CCN(CCn1cncc1C(N)C(C)C)C1CC1. The molecule has 1 aliphatic rings. The van der Waals surface area contributed by atoms with Gasteiger partial charge in [0.1, 0.15) is 0 Å². The van der Waals surface area contributed by atoms with E-state index in [4.69, 9.17) is 5.73 Å². The minimum Gasteiger partial charge on any atom is -0.332 e. The van der Waals surface area contributed by atoms with Crippen LogP contribution in [0, 0.1) is 5.92 Å². The van der Waals surface area contributed by atoms with Crippen LogP contribution in [0.25, 0.3) is 0 Å². The first kappa shape index (κ1) is 13.6. The topological polar surface area (TPSA) is 47.1 Å². The molecule has 0 bridgehead atoms. The quantitative estimate of drug-likeness (QED) is 0.805. The summed E-state index contributed by atoms with van der Waals surface area (Å²) in [5.41, 5.74) is 7.38. The summed E-state index contributed by atoms with van der Waals surface area (Å²) in [5.74, 6) is 0.450. The lowest BCUT2D eigenvalue weighted by atomic mass is 10.0. The van der Waals surface area contributed by atoms with Gasteiger partial charge in [0, 0.05) is 31.4 Å². The minimum absolute atomic E-state index is 0.0866. The Labute approximate surface area is 110 Å². The van der Waals surface area contributed by atoms with Gasteiger partial charge in [0.15, 0.2) is 0 Å². The monoisotopic (exact) mass is 250 g/mol. The summed E-state index contributed by atoms with van der Waals surface area (Å²) in [6, 6.07) is 0.921. The van der Waals surface area contributed by atoms with Gasteiger partial charge in [0.2, 0.25) is 0 Å². The number of likely N-dealkylation sites (N-methyl/N-ethyl adjacent to an activating group) is 1. The Morgan fingerprint density at radius 3 is 2.78 bits per heavy atom. The second kappa shape index (κ2) is 5.85. The van der Waals surface area contributed by atoms with Crippen LogP contribution in [0.15, 0.2) is 12.5 Å². The molecule has 4 nitrogen and oxygen atoms in total. The van der Waals surface area contributed by atoms with E-state index in [9.17, 15) is 0 Å². The maximum atomic E-state index is 6.22. The summed E-state index contributed by atoms with van der Waals surface area (Å²) in [6.07, 6.45) is 6.57. The predicted molar refractivity (Wildman–Crippen MR) is 74.3 cm³/mol. The van der Waals surface area contributed by atoms with E-state index >= 15 is 0 Å². The van der Waals surface area contributed by atoms with Crippen LogP contribution in [-0.2, 0) is 6.54 Å². The molecule has 1 aromatic heterocycles. The van der Waals surface area contributed by atoms with Gasteiger partial charge in [0.25, 0.3) is 0 Å². The van der Waals surface area contributed by atoms with Crippen LogP contribution in [-0.4, -0.2) is 33.6 Å². The van der Waals surface area contributed by atoms with E-state index in [1.165, 1.54) is 12.8 Å². The molecule has 102 valence electrons. The van der Waals surface area contributed by atoms with Crippen LogP contribution >= 0.6 is 0 Å². The molecule has 0 amide bonds. The van der Waals surface area contributed by atoms with Gasteiger partial charge in [-0.05, 0) is 25.3 Å². The van der Waals surface area contributed by atoms with Crippen LogP contribution in [0.4, 0.5) is 0 Å². The summed E-state index contributed by atoms with van der Waals surface area (Å²) in [7, 11) is 0. The molecule has 2 rings (SSSR count). The molecule has 18 heavy (non-hydrogen) atoms. The van der Waals surface area contributed by atoms with E-state index in [0.717, 1.165) is 31.4 Å². The minimum atomic E-state index is 0.0866. The number of hydrogen-bond donors (Lipinski definition) is 1. The van der Waals surface area contributed by atoms with Crippen molar-refractivity contribution in [2.75, 3.05) is 13.1 Å². The Morgan fingerprint density at radius 2 is 2.22 bits per heavy atom. The zero-order valence-electron chi connectivity index (χ0n) is 11.8. The molecule has 0 saturated heterocycles. The standard InChI is InChI=1S/C14H26N4/c1-4-17(12-5-6-12)7-8-18-10-16-9-13(18)14(15)11(2)3/h9-12,14H,4-8,15H2,1-3H3. The highest BCUT2D eigenvalue weighted by atomic mass is 15.2. The van der Waals surface area contributed by atoms with Gasteiger partial charge in [0.05, 0.1) is 12.0 Å². The van der Waals surface area contributed by atoms with Gasteiger partial charge in [-0.2, -0.15) is 0 Å². The molecule has 0 aromatic carbocycles. The molecule has 1 saturated carbocycles. The smallest absolute Gasteiger partial charge is 0.0949 e. The van der Waals surface area contributed by atoms with Crippen molar-refractivity contribution in [1.29, 1.82) is 0 Å². The molecule has 1 heterocycles. The van der Waals surface area contributed by atoms with Crippen LogP contribution in [0.1, 0.15) is 45.3 Å². The van der Waals surface area contributed by atoms with Crippen molar-refractivity contribution in [3.8, 4) is 0 Å². The lowest BCUT2D eigenvalue weighted by molar-refractivity contribution is 0.263. The van der Waals surface area contributed by atoms with E-state index in [-0.39, 0.29) is 6.04 Å². The lowest BCUT2D eigenvalue weighted by Crippen LogP contribution is -2.30. The number of nitrogens with two attached hydrogens (primary N) is 1. The maximum absolute atomic E-state index is 6.22. The van der Waals surface area contributed by atoms with Crippen molar-refractivity contribution < 1.29 is 0 Å². The Bertz CT molecular complexity index is 368. The van der Waals surface area contributed by atoms with Gasteiger partial charge in [-0.15, -0.1) is 0 Å². The summed E-state index contributed by atoms with van der Waals surface area (Å²) < 4.78 is 2.22. The first-order chi connectivity index (χ1) is 8.63. The van der Waals surface area contributed by atoms with Crippen LogP contribution < -0.4 is 5.73 Å². The molecule has 1 atom stereocenters. The molecule has 0 aliphatic heterocycles. The zero-order chi connectivity index (χ0) is 13.1. The van der Waals surface area contributed by atoms with Crippen molar-refractivity contribution in [1.82, 2.24) is 14.5 Å². The Kier molecular flexibility index (Phi) is 4.40. The first-order valence-electron chi connectivity index (χ1n) is 7.13. The second-order valence-corrected chi connectivity index (χ2v) is 5.64. The van der Waals surface area contributed by atoms with Crippen molar-refractivity contribution in [2.45, 2.75) is 52.2 Å². The fraction of sp³-hybridized carbons (Fsp3) is 0.786. The lowest BCUT2D eigenvalue weighted by Gasteiger charge is -2.22. The highest BCUT2D eigenvalue weighted by Crippen LogP contribution is 2.26. The highest BCUT2D eigenvalue weighted by molar-refractivity contribution is 5.05. The van der Waals surface area contributed by atoms with Crippen molar-refractivity contribution in [2.24, 2.45) is 11.7 Å². The summed E-state index contributed by atoms with van der Waals surface area (Å²) >= 11 is 0. The molecule has 4 heteroatoms. The number of imidazole rings is 1. The fourth-order valence-electron chi connectivity index (χ4n) is 2.41. The number of aromatic nitrogens is 2. The van der Waals surface area contributed by atoms with E-state index in [1.54, 1.807) is 0 Å². The number of nitrogens with zero attached hydrogens (tertiary/aromatic N) is 3. The third-order valence-corrected chi connectivity index (χ3v) is 3.90. The van der Waals surface area contributed by atoms with Gasteiger partial charge < -0.3 is 10.3 Å². The third-order valence-electron chi connectivity index (χ3n) is 3.90. The molecule has 1 aliphatic carbocycles. The van der Waals surface area contributed by atoms with E-state index in [1.807, 2.05) is 12.5 Å². The third kappa shape index (κ3) is 3.12. The average molecular weight is 250 g/mol. The fourth-order valence-corrected chi connectivity index (χ4v) is 2.41.